The van der Waals surface area contributed by atoms with E-state index in [2.05, 4.69) is 34.7 Å². The predicted molar refractivity (Wildman–Crippen MR) is 121 cm³/mol. The summed E-state index contributed by atoms with van der Waals surface area (Å²) < 4.78 is 38.7. The van der Waals surface area contributed by atoms with E-state index in [0.29, 0.717) is 0 Å². The first-order valence-electron chi connectivity index (χ1n) is 9.78. The number of amidine groups is 1. The van der Waals surface area contributed by atoms with Crippen LogP contribution in [0.1, 0.15) is 45.6 Å². The summed E-state index contributed by atoms with van der Waals surface area (Å²) in [6.45, 7) is 6.31. The number of nitrogens with zero attached hydrogens (tertiary/aromatic N) is 2. The van der Waals surface area contributed by atoms with Gasteiger partial charge in [-0.3, -0.25) is 9.59 Å². The van der Waals surface area contributed by atoms with Crippen LogP contribution in [0, 0.1) is 5.41 Å². The van der Waals surface area contributed by atoms with Crippen molar-refractivity contribution in [1.82, 2.24) is 5.32 Å². The molecule has 1 aliphatic heterocycles. The average Bonchev–Trinajstić information content (AvgIpc) is 2.98. The van der Waals surface area contributed by atoms with E-state index in [1.807, 2.05) is 13.0 Å². The molecule has 0 spiro atoms. The maximum absolute atomic E-state index is 12.9. The number of amides is 2. The molecule has 0 radical (unpaired) electrons. The van der Waals surface area contributed by atoms with E-state index >= 15 is 0 Å². The first kappa shape index (κ1) is 24.3. The lowest BCUT2D eigenvalue weighted by molar-refractivity contribution is -0.137. The van der Waals surface area contributed by atoms with Gasteiger partial charge in [0.05, 0.1) is 22.0 Å². The van der Waals surface area contributed by atoms with Crippen molar-refractivity contribution in [1.29, 1.82) is 0 Å². The highest BCUT2D eigenvalue weighted by molar-refractivity contribution is 8.15. The minimum absolute atomic E-state index is 0.0355. The summed E-state index contributed by atoms with van der Waals surface area (Å²) in [6, 6.07) is 2.64. The molecule has 1 atom stereocenters. The molecule has 0 saturated carbocycles. The van der Waals surface area contributed by atoms with Gasteiger partial charge in [-0.05, 0) is 49.5 Å². The van der Waals surface area contributed by atoms with Gasteiger partial charge in [0, 0.05) is 6.42 Å². The number of rotatable bonds is 4. The maximum Gasteiger partial charge on any atom is 0.416 e. The Morgan fingerprint density at radius 1 is 1.31 bits per heavy atom. The summed E-state index contributed by atoms with van der Waals surface area (Å²) in [5.41, 5.74) is 0.980. The van der Waals surface area contributed by atoms with Crippen molar-refractivity contribution in [3.63, 3.8) is 0 Å². The quantitative estimate of drug-likeness (QED) is 0.559. The lowest BCUT2D eigenvalue weighted by atomic mass is 9.77. The van der Waals surface area contributed by atoms with Crippen LogP contribution in [0.5, 0.6) is 0 Å². The molecule has 6 nitrogen and oxygen atoms in total. The van der Waals surface area contributed by atoms with Crippen molar-refractivity contribution in [2.75, 3.05) is 5.32 Å². The highest BCUT2D eigenvalue weighted by Crippen LogP contribution is 2.35. The zero-order chi connectivity index (χ0) is 23.7. The van der Waals surface area contributed by atoms with Gasteiger partial charge in [-0.25, -0.2) is 0 Å². The largest absolute Gasteiger partial charge is 0.416 e. The molecule has 1 heterocycles. The second kappa shape index (κ2) is 9.27. The maximum atomic E-state index is 12.9. The van der Waals surface area contributed by atoms with Crippen molar-refractivity contribution < 1.29 is 22.8 Å². The van der Waals surface area contributed by atoms with Crippen LogP contribution in [0.3, 0.4) is 0 Å². The smallest absolute Gasteiger partial charge is 0.325 e. The predicted octanol–water partition coefficient (Wildman–Crippen LogP) is 5.40. The number of anilines is 1. The minimum atomic E-state index is -4.57. The summed E-state index contributed by atoms with van der Waals surface area (Å²) in [4.78, 5) is 24.5. The first-order chi connectivity index (χ1) is 14.8. The standard InChI is InChI=1S/C21H22ClF3N4O2S/c1-11-6-13(10-20(2,3)9-11)28-29-19-27-18(31)16(32-19)8-17(30)26-15-7-12(21(23,24)25)4-5-14(15)22/h4-7,16H,8-10H2,1-3H3,(H,26,30)(H,27,29,31)/b28-13+. The molecule has 1 fully saturated rings. The van der Waals surface area contributed by atoms with Gasteiger partial charge in [0.15, 0.2) is 5.17 Å². The monoisotopic (exact) mass is 486 g/mol. The first-order valence-corrected chi connectivity index (χ1v) is 11.0. The molecular weight excluding hydrogens is 465 g/mol. The zero-order valence-corrected chi connectivity index (χ0v) is 19.2. The van der Waals surface area contributed by atoms with Crippen LogP contribution < -0.4 is 10.6 Å². The molecule has 172 valence electrons. The molecule has 2 aliphatic rings. The minimum Gasteiger partial charge on any atom is -0.325 e. The Kier molecular flexibility index (Phi) is 7.04. The van der Waals surface area contributed by atoms with Crippen molar-refractivity contribution in [3.05, 3.63) is 40.4 Å². The Balaban J connectivity index is 1.64. The molecule has 2 N–H and O–H groups in total. The lowest BCUT2D eigenvalue weighted by Crippen LogP contribution is -2.28. The zero-order valence-electron chi connectivity index (χ0n) is 17.6. The fraction of sp³-hybridized carbons (Fsp3) is 0.429. The normalized spacial score (nSPS) is 23.3. The van der Waals surface area contributed by atoms with E-state index in [9.17, 15) is 22.8 Å². The number of halogens is 4. The Hall–Kier alpha value is -2.33. The van der Waals surface area contributed by atoms with Crippen molar-refractivity contribution in [2.45, 2.75) is 51.5 Å². The van der Waals surface area contributed by atoms with E-state index in [4.69, 9.17) is 11.6 Å². The van der Waals surface area contributed by atoms with Gasteiger partial charge in [0.25, 0.3) is 0 Å². The van der Waals surface area contributed by atoms with E-state index in [0.717, 1.165) is 48.5 Å². The second-order valence-corrected chi connectivity index (χ2v) is 10.1. The molecule has 1 aromatic carbocycles. The number of thioether (sulfide) groups is 1. The molecular formula is C21H22ClF3N4O2S. The van der Waals surface area contributed by atoms with Crippen molar-refractivity contribution >= 4 is 51.7 Å². The molecule has 2 amide bonds. The molecule has 0 bridgehead atoms. The Labute approximate surface area is 192 Å². The van der Waals surface area contributed by atoms with Gasteiger partial charge in [-0.2, -0.15) is 18.3 Å². The van der Waals surface area contributed by atoms with Crippen LogP contribution >= 0.6 is 23.4 Å². The van der Waals surface area contributed by atoms with E-state index in [1.54, 1.807) is 0 Å². The van der Waals surface area contributed by atoms with Crippen LogP contribution in [-0.4, -0.2) is 27.9 Å². The molecule has 1 aromatic rings. The summed E-state index contributed by atoms with van der Waals surface area (Å²) in [5.74, 6) is -1.06. The van der Waals surface area contributed by atoms with Crippen molar-refractivity contribution in [3.8, 4) is 0 Å². The molecule has 1 saturated heterocycles. The molecule has 0 aromatic heterocycles. The third-order valence-electron chi connectivity index (χ3n) is 4.81. The molecule has 32 heavy (non-hydrogen) atoms. The average molecular weight is 487 g/mol. The van der Waals surface area contributed by atoms with Gasteiger partial charge >= 0.3 is 6.18 Å². The third-order valence-corrected chi connectivity index (χ3v) is 6.22. The van der Waals surface area contributed by atoms with Gasteiger partial charge < -0.3 is 10.6 Å². The highest BCUT2D eigenvalue weighted by Gasteiger charge is 2.34. The summed E-state index contributed by atoms with van der Waals surface area (Å²) in [5, 5.41) is 12.7. The van der Waals surface area contributed by atoms with Crippen LogP contribution in [-0.2, 0) is 15.8 Å². The molecule has 3 rings (SSSR count). The number of alkyl halides is 3. The van der Waals surface area contributed by atoms with Crippen LogP contribution in [0.2, 0.25) is 5.02 Å². The van der Waals surface area contributed by atoms with Crippen LogP contribution in [0.15, 0.2) is 40.1 Å². The topological polar surface area (TPSA) is 82.9 Å². The van der Waals surface area contributed by atoms with Crippen LogP contribution in [0.25, 0.3) is 0 Å². The number of carbonyl (C=O) groups excluding carboxylic acids is 2. The third kappa shape index (κ3) is 6.35. The van der Waals surface area contributed by atoms with E-state index in [1.165, 1.54) is 5.57 Å². The Bertz CT molecular complexity index is 1030. The van der Waals surface area contributed by atoms with Gasteiger partial charge in [0.1, 0.15) is 5.25 Å². The van der Waals surface area contributed by atoms with E-state index < -0.39 is 28.8 Å². The Morgan fingerprint density at radius 2 is 2.03 bits per heavy atom. The summed E-state index contributed by atoms with van der Waals surface area (Å²) in [7, 11) is 0. The number of carbonyl (C=O) groups is 2. The molecule has 11 heteroatoms. The van der Waals surface area contributed by atoms with Crippen LogP contribution in [0.4, 0.5) is 18.9 Å². The molecule has 1 aliphatic carbocycles. The van der Waals surface area contributed by atoms with Gasteiger partial charge in [0.2, 0.25) is 11.8 Å². The van der Waals surface area contributed by atoms with E-state index in [-0.39, 0.29) is 27.7 Å². The summed E-state index contributed by atoms with van der Waals surface area (Å²) in [6.07, 6.45) is -1.13. The SMILES string of the molecule is CC1=C/C(=N\N=C2\NC(=O)C(CC(=O)Nc3cc(C(F)(F)F)ccc3Cl)S2)CC(C)(C)C1. The highest BCUT2D eigenvalue weighted by atomic mass is 35.5. The number of allylic oxidation sites excluding steroid dienone is 2. The number of benzene rings is 1. The van der Waals surface area contributed by atoms with Crippen molar-refractivity contribution in [2.24, 2.45) is 15.6 Å². The lowest BCUT2D eigenvalue weighted by Gasteiger charge is -2.28. The Morgan fingerprint density at radius 3 is 2.69 bits per heavy atom. The fourth-order valence-electron chi connectivity index (χ4n) is 3.62. The second-order valence-electron chi connectivity index (χ2n) is 8.55. The number of hydrogen-bond donors (Lipinski definition) is 2. The number of hydrogen-bond acceptors (Lipinski definition) is 5. The van der Waals surface area contributed by atoms with Gasteiger partial charge in [-0.1, -0.05) is 42.8 Å². The number of nitrogens with one attached hydrogen (secondary N) is 2. The summed E-state index contributed by atoms with van der Waals surface area (Å²) >= 11 is 6.95. The van der Waals surface area contributed by atoms with Gasteiger partial charge in [-0.15, -0.1) is 5.10 Å². The molecule has 1 unspecified atom stereocenters. The fourth-order valence-corrected chi connectivity index (χ4v) is 4.70.